The topological polar surface area (TPSA) is 50.1 Å². The molecule has 4 nitrogen and oxygen atoms in total. The molecule has 2 aromatic heterocycles. The first-order valence-electron chi connectivity index (χ1n) is 5.19. The van der Waals surface area contributed by atoms with Crippen LogP contribution in [0.5, 0.6) is 0 Å². The Morgan fingerprint density at radius 2 is 2.50 bits per heavy atom. The van der Waals surface area contributed by atoms with E-state index in [1.165, 1.54) is 4.88 Å². The summed E-state index contributed by atoms with van der Waals surface area (Å²) in [5, 5.41) is 14.2. The van der Waals surface area contributed by atoms with E-state index >= 15 is 0 Å². The van der Waals surface area contributed by atoms with Gasteiger partial charge in [-0.3, -0.25) is 0 Å². The number of nitrogens with zero attached hydrogens (tertiary/aromatic N) is 2. The molecule has 2 rings (SSSR count). The molecule has 2 aromatic rings. The molecule has 0 fully saturated rings. The van der Waals surface area contributed by atoms with E-state index in [9.17, 15) is 0 Å². The molecular formula is C11H15N3OS. The Hall–Kier alpha value is -1.17. The minimum absolute atomic E-state index is 0.138. The smallest absolute Gasteiger partial charge is 0.0991 e. The van der Waals surface area contributed by atoms with Gasteiger partial charge in [-0.1, -0.05) is 0 Å². The van der Waals surface area contributed by atoms with E-state index in [0.717, 1.165) is 12.2 Å². The molecule has 0 amide bonds. The third kappa shape index (κ3) is 2.69. The fraction of sp³-hybridized carbons (Fsp3) is 0.364. The number of hydrogen-bond acceptors (Lipinski definition) is 4. The standard InChI is InChI=1S/C11H15N3OS/c1-9(6-15)13-5-11-4-10(7-16-11)14-3-2-12-8-14/h2-4,7-9,13,15H,5-6H2,1H3. The van der Waals surface area contributed by atoms with Crippen LogP contribution in [0.4, 0.5) is 0 Å². The van der Waals surface area contributed by atoms with Gasteiger partial charge in [0.1, 0.15) is 0 Å². The van der Waals surface area contributed by atoms with E-state index in [1.807, 2.05) is 17.7 Å². The number of imidazole rings is 1. The highest BCUT2D eigenvalue weighted by molar-refractivity contribution is 7.10. The van der Waals surface area contributed by atoms with Gasteiger partial charge in [-0.25, -0.2) is 4.98 Å². The lowest BCUT2D eigenvalue weighted by atomic mass is 10.3. The average Bonchev–Trinajstić information content (AvgIpc) is 2.95. The van der Waals surface area contributed by atoms with Crippen LogP contribution in [0.1, 0.15) is 11.8 Å². The highest BCUT2D eigenvalue weighted by Crippen LogP contribution is 2.18. The summed E-state index contributed by atoms with van der Waals surface area (Å²) in [5.74, 6) is 0. The second-order valence-corrected chi connectivity index (χ2v) is 4.70. The Balaban J connectivity index is 1.98. The molecular weight excluding hydrogens is 222 g/mol. The predicted octanol–water partition coefficient (Wildman–Crippen LogP) is 1.40. The van der Waals surface area contributed by atoms with Gasteiger partial charge in [-0.15, -0.1) is 11.3 Å². The second-order valence-electron chi connectivity index (χ2n) is 3.71. The van der Waals surface area contributed by atoms with Crippen LogP contribution in [0.2, 0.25) is 0 Å². The van der Waals surface area contributed by atoms with E-state index in [-0.39, 0.29) is 12.6 Å². The lowest BCUT2D eigenvalue weighted by Crippen LogP contribution is -2.28. The summed E-state index contributed by atoms with van der Waals surface area (Å²) in [7, 11) is 0. The van der Waals surface area contributed by atoms with Crippen molar-refractivity contribution in [3.8, 4) is 5.69 Å². The lowest BCUT2D eigenvalue weighted by Gasteiger charge is -2.08. The van der Waals surface area contributed by atoms with Crippen molar-refractivity contribution >= 4 is 11.3 Å². The number of aliphatic hydroxyl groups is 1. The molecule has 86 valence electrons. The van der Waals surface area contributed by atoms with Crippen molar-refractivity contribution in [3.63, 3.8) is 0 Å². The fourth-order valence-corrected chi connectivity index (χ4v) is 2.17. The summed E-state index contributed by atoms with van der Waals surface area (Å²) in [5.41, 5.74) is 1.14. The number of thiophene rings is 1. The van der Waals surface area contributed by atoms with E-state index in [4.69, 9.17) is 5.11 Å². The third-order valence-corrected chi connectivity index (χ3v) is 3.27. The molecule has 2 N–H and O–H groups in total. The molecule has 1 unspecified atom stereocenters. The Morgan fingerprint density at radius 1 is 1.62 bits per heavy atom. The maximum absolute atomic E-state index is 8.90. The van der Waals surface area contributed by atoms with Gasteiger partial charge in [0.15, 0.2) is 0 Å². The molecule has 2 heterocycles. The molecule has 0 aromatic carbocycles. The van der Waals surface area contributed by atoms with Crippen LogP contribution in [-0.2, 0) is 6.54 Å². The van der Waals surface area contributed by atoms with Crippen LogP contribution < -0.4 is 5.32 Å². The zero-order valence-electron chi connectivity index (χ0n) is 9.13. The van der Waals surface area contributed by atoms with Gasteiger partial charge in [0, 0.05) is 35.2 Å². The second kappa shape index (κ2) is 5.25. The Morgan fingerprint density at radius 3 is 3.19 bits per heavy atom. The van der Waals surface area contributed by atoms with Gasteiger partial charge in [0.2, 0.25) is 0 Å². The van der Waals surface area contributed by atoms with Crippen LogP contribution in [0.15, 0.2) is 30.2 Å². The van der Waals surface area contributed by atoms with Crippen molar-refractivity contribution in [2.24, 2.45) is 0 Å². The zero-order valence-corrected chi connectivity index (χ0v) is 9.94. The van der Waals surface area contributed by atoms with Crippen molar-refractivity contribution in [2.75, 3.05) is 6.61 Å². The summed E-state index contributed by atoms with van der Waals surface area (Å²) >= 11 is 1.71. The summed E-state index contributed by atoms with van der Waals surface area (Å²) < 4.78 is 1.98. The Kier molecular flexibility index (Phi) is 3.71. The first-order chi connectivity index (χ1) is 7.79. The van der Waals surface area contributed by atoms with E-state index in [2.05, 4.69) is 21.7 Å². The Labute approximate surface area is 98.6 Å². The van der Waals surface area contributed by atoms with Crippen molar-refractivity contribution in [1.29, 1.82) is 0 Å². The van der Waals surface area contributed by atoms with Gasteiger partial charge >= 0.3 is 0 Å². The van der Waals surface area contributed by atoms with Crippen LogP contribution >= 0.6 is 11.3 Å². The van der Waals surface area contributed by atoms with Crippen molar-refractivity contribution < 1.29 is 5.11 Å². The quantitative estimate of drug-likeness (QED) is 0.826. The highest BCUT2D eigenvalue weighted by Gasteiger charge is 2.03. The minimum atomic E-state index is 0.138. The highest BCUT2D eigenvalue weighted by atomic mass is 32.1. The number of rotatable bonds is 5. The summed E-state index contributed by atoms with van der Waals surface area (Å²) in [6.45, 7) is 2.92. The molecule has 0 spiro atoms. The van der Waals surface area contributed by atoms with Crippen LogP contribution in [0, 0.1) is 0 Å². The average molecular weight is 237 g/mol. The first kappa shape index (κ1) is 11.3. The molecule has 0 aliphatic heterocycles. The van der Waals surface area contributed by atoms with Crippen LogP contribution in [-0.4, -0.2) is 27.3 Å². The molecule has 0 saturated heterocycles. The molecule has 0 radical (unpaired) electrons. The molecule has 0 bridgehead atoms. The fourth-order valence-electron chi connectivity index (χ4n) is 1.35. The van der Waals surface area contributed by atoms with Gasteiger partial charge in [-0.2, -0.15) is 0 Å². The molecule has 0 saturated carbocycles. The summed E-state index contributed by atoms with van der Waals surface area (Å²) in [6.07, 6.45) is 5.48. The molecule has 0 aliphatic rings. The number of nitrogens with one attached hydrogen (secondary N) is 1. The van der Waals surface area contributed by atoms with Crippen LogP contribution in [0.25, 0.3) is 5.69 Å². The monoisotopic (exact) mass is 237 g/mol. The lowest BCUT2D eigenvalue weighted by molar-refractivity contribution is 0.251. The normalized spacial score (nSPS) is 12.9. The first-order valence-corrected chi connectivity index (χ1v) is 6.07. The van der Waals surface area contributed by atoms with Gasteiger partial charge < -0.3 is 15.0 Å². The zero-order chi connectivity index (χ0) is 11.4. The van der Waals surface area contributed by atoms with Gasteiger partial charge in [0.05, 0.1) is 18.6 Å². The van der Waals surface area contributed by atoms with Gasteiger partial charge in [-0.05, 0) is 13.0 Å². The third-order valence-electron chi connectivity index (χ3n) is 2.34. The number of aromatic nitrogens is 2. The van der Waals surface area contributed by atoms with E-state index in [1.54, 1.807) is 23.9 Å². The summed E-state index contributed by atoms with van der Waals surface area (Å²) in [4.78, 5) is 5.27. The SMILES string of the molecule is CC(CO)NCc1cc(-n2ccnc2)cs1. The van der Waals surface area contributed by atoms with Crippen molar-refractivity contribution in [2.45, 2.75) is 19.5 Å². The maximum atomic E-state index is 8.90. The predicted molar refractivity (Wildman–Crippen MR) is 64.8 cm³/mol. The number of aliphatic hydroxyl groups excluding tert-OH is 1. The molecule has 5 heteroatoms. The maximum Gasteiger partial charge on any atom is 0.0991 e. The molecule has 1 atom stereocenters. The van der Waals surface area contributed by atoms with E-state index in [0.29, 0.717) is 0 Å². The Bertz CT molecular complexity index is 424. The summed E-state index contributed by atoms with van der Waals surface area (Å²) in [6, 6.07) is 2.27. The number of hydrogen-bond donors (Lipinski definition) is 2. The largest absolute Gasteiger partial charge is 0.395 e. The van der Waals surface area contributed by atoms with E-state index < -0.39 is 0 Å². The van der Waals surface area contributed by atoms with Crippen LogP contribution in [0.3, 0.4) is 0 Å². The van der Waals surface area contributed by atoms with Crippen molar-refractivity contribution in [3.05, 3.63) is 35.0 Å². The van der Waals surface area contributed by atoms with Gasteiger partial charge in [0.25, 0.3) is 0 Å². The molecule has 0 aliphatic carbocycles. The minimum Gasteiger partial charge on any atom is -0.395 e. The van der Waals surface area contributed by atoms with Crippen molar-refractivity contribution in [1.82, 2.24) is 14.9 Å². The molecule has 16 heavy (non-hydrogen) atoms.